The van der Waals surface area contributed by atoms with Gasteiger partial charge in [0.1, 0.15) is 5.76 Å². The van der Waals surface area contributed by atoms with Gasteiger partial charge in [0.05, 0.1) is 30.0 Å². The van der Waals surface area contributed by atoms with Crippen LogP contribution in [0, 0.1) is 0 Å². The topological polar surface area (TPSA) is 43.6 Å². The first kappa shape index (κ1) is 12.1. The minimum Gasteiger partial charge on any atom is -0.467 e. The highest BCUT2D eigenvalue weighted by Gasteiger charge is 2.32. The van der Waals surface area contributed by atoms with Gasteiger partial charge in [-0.15, -0.1) is 0 Å². The lowest BCUT2D eigenvalue weighted by atomic mass is 10.3. The fourth-order valence-corrected chi connectivity index (χ4v) is 2.00. The molecule has 0 spiro atoms. The average Bonchev–Trinajstić information content (AvgIpc) is 2.74. The van der Waals surface area contributed by atoms with E-state index in [0.717, 1.165) is 16.8 Å². The molecule has 5 heteroatoms. The number of rotatable bonds is 4. The van der Waals surface area contributed by atoms with Crippen LogP contribution in [0.2, 0.25) is 0 Å². The van der Waals surface area contributed by atoms with Crippen molar-refractivity contribution < 1.29 is 13.9 Å². The van der Waals surface area contributed by atoms with Crippen LogP contribution in [0.15, 0.2) is 21.2 Å². The molecule has 1 atom stereocenters. The number of halogens is 1. The van der Waals surface area contributed by atoms with E-state index in [0.29, 0.717) is 13.2 Å². The van der Waals surface area contributed by atoms with Gasteiger partial charge in [0.25, 0.3) is 0 Å². The maximum atomic E-state index is 5.67. The van der Waals surface area contributed by atoms with Gasteiger partial charge in [-0.3, -0.25) is 0 Å². The van der Waals surface area contributed by atoms with Gasteiger partial charge in [-0.1, -0.05) is 0 Å². The fourth-order valence-electron chi connectivity index (χ4n) is 1.66. The molecule has 1 aliphatic heterocycles. The van der Waals surface area contributed by atoms with Crippen molar-refractivity contribution in [1.82, 2.24) is 5.32 Å². The Morgan fingerprint density at radius 2 is 2.38 bits per heavy atom. The highest BCUT2D eigenvalue weighted by Crippen LogP contribution is 2.22. The summed E-state index contributed by atoms with van der Waals surface area (Å²) >= 11 is 3.41. The van der Waals surface area contributed by atoms with Crippen molar-refractivity contribution in [2.45, 2.75) is 32.3 Å². The van der Waals surface area contributed by atoms with Gasteiger partial charge in [0.2, 0.25) is 0 Å². The van der Waals surface area contributed by atoms with Crippen LogP contribution in [-0.4, -0.2) is 25.0 Å². The molecule has 1 aromatic heterocycles. The summed E-state index contributed by atoms with van der Waals surface area (Å²) in [5.74, 6) is 0.454. The number of hydrogen-bond donors (Lipinski definition) is 1. The summed E-state index contributed by atoms with van der Waals surface area (Å²) in [5.41, 5.74) is 0. The zero-order chi connectivity index (χ0) is 11.6. The van der Waals surface area contributed by atoms with Crippen molar-refractivity contribution in [3.05, 3.63) is 22.6 Å². The van der Waals surface area contributed by atoms with Gasteiger partial charge in [0, 0.05) is 6.54 Å². The molecule has 0 bridgehead atoms. The van der Waals surface area contributed by atoms with Crippen LogP contribution < -0.4 is 5.32 Å². The lowest BCUT2D eigenvalue weighted by molar-refractivity contribution is -0.137. The van der Waals surface area contributed by atoms with Crippen molar-refractivity contribution in [3.8, 4) is 0 Å². The van der Waals surface area contributed by atoms with E-state index in [4.69, 9.17) is 13.9 Å². The molecule has 1 aromatic rings. The van der Waals surface area contributed by atoms with E-state index in [1.54, 1.807) is 6.26 Å². The van der Waals surface area contributed by atoms with Crippen LogP contribution in [0.3, 0.4) is 0 Å². The molecular formula is C11H16BrNO3. The molecule has 1 fully saturated rings. The largest absolute Gasteiger partial charge is 0.467 e. The quantitative estimate of drug-likeness (QED) is 0.924. The molecular weight excluding hydrogens is 274 g/mol. The Kier molecular flexibility index (Phi) is 3.69. The Balaban J connectivity index is 1.71. The minimum absolute atomic E-state index is 0.115. The second kappa shape index (κ2) is 4.87. The average molecular weight is 290 g/mol. The number of hydrogen-bond acceptors (Lipinski definition) is 4. The number of nitrogens with one attached hydrogen (secondary N) is 1. The molecule has 4 nitrogen and oxygen atoms in total. The third-order valence-electron chi connectivity index (χ3n) is 2.42. The van der Waals surface area contributed by atoms with Gasteiger partial charge in [0.15, 0.2) is 5.79 Å². The summed E-state index contributed by atoms with van der Waals surface area (Å²) in [7, 11) is 0. The molecule has 1 aliphatic rings. The lowest BCUT2D eigenvalue weighted by Gasteiger charge is -2.17. The molecule has 16 heavy (non-hydrogen) atoms. The molecule has 90 valence electrons. The molecule has 0 saturated carbocycles. The zero-order valence-electron chi connectivity index (χ0n) is 9.46. The zero-order valence-corrected chi connectivity index (χ0v) is 11.0. The normalized spacial score (nSPS) is 23.8. The standard InChI is InChI=1S/C11H16BrNO3/c1-11(2)15-7-8(16-11)5-13-6-10-9(12)3-4-14-10/h3-4,8,13H,5-7H2,1-2H3. The van der Waals surface area contributed by atoms with Gasteiger partial charge in [-0.2, -0.15) is 0 Å². The molecule has 0 aromatic carbocycles. The van der Waals surface area contributed by atoms with Crippen LogP contribution >= 0.6 is 15.9 Å². The Hall–Kier alpha value is -0.360. The van der Waals surface area contributed by atoms with E-state index < -0.39 is 5.79 Å². The molecule has 0 amide bonds. The van der Waals surface area contributed by atoms with Crippen molar-refractivity contribution >= 4 is 15.9 Å². The molecule has 1 N–H and O–H groups in total. The van der Waals surface area contributed by atoms with Crippen LogP contribution in [0.1, 0.15) is 19.6 Å². The fraction of sp³-hybridized carbons (Fsp3) is 0.636. The summed E-state index contributed by atoms with van der Waals surface area (Å²) in [5, 5.41) is 3.28. The Morgan fingerprint density at radius 3 is 2.94 bits per heavy atom. The molecule has 0 radical (unpaired) electrons. The highest BCUT2D eigenvalue weighted by atomic mass is 79.9. The monoisotopic (exact) mass is 289 g/mol. The SMILES string of the molecule is CC1(C)OCC(CNCc2occc2Br)O1. The first-order chi connectivity index (χ1) is 7.57. The highest BCUT2D eigenvalue weighted by molar-refractivity contribution is 9.10. The second-order valence-corrected chi connectivity index (χ2v) is 5.13. The van der Waals surface area contributed by atoms with Crippen molar-refractivity contribution in [2.24, 2.45) is 0 Å². The maximum absolute atomic E-state index is 5.67. The van der Waals surface area contributed by atoms with E-state index in [-0.39, 0.29) is 6.10 Å². The number of ether oxygens (including phenoxy) is 2. The molecule has 0 aliphatic carbocycles. The van der Waals surface area contributed by atoms with Crippen LogP contribution in [-0.2, 0) is 16.0 Å². The molecule has 2 rings (SSSR count). The van der Waals surface area contributed by atoms with Crippen LogP contribution in [0.25, 0.3) is 0 Å². The van der Waals surface area contributed by atoms with Crippen LogP contribution in [0.5, 0.6) is 0 Å². The summed E-state index contributed by atoms with van der Waals surface area (Å²) in [6.07, 6.45) is 1.78. The summed E-state index contributed by atoms with van der Waals surface area (Å²) in [6, 6.07) is 1.88. The van der Waals surface area contributed by atoms with E-state index in [9.17, 15) is 0 Å². The predicted octanol–water partition coefficient (Wildman–Crippen LogP) is 2.28. The predicted molar refractivity (Wildman–Crippen MR) is 63.0 cm³/mol. The van der Waals surface area contributed by atoms with Crippen molar-refractivity contribution in [1.29, 1.82) is 0 Å². The first-order valence-electron chi connectivity index (χ1n) is 5.31. The Morgan fingerprint density at radius 1 is 1.56 bits per heavy atom. The lowest BCUT2D eigenvalue weighted by Crippen LogP contribution is -2.30. The molecule has 1 saturated heterocycles. The van der Waals surface area contributed by atoms with Crippen LogP contribution in [0.4, 0.5) is 0 Å². The van der Waals surface area contributed by atoms with Gasteiger partial charge < -0.3 is 19.2 Å². The van der Waals surface area contributed by atoms with Gasteiger partial charge in [-0.05, 0) is 35.8 Å². The summed E-state index contributed by atoms with van der Waals surface area (Å²) < 4.78 is 17.4. The third kappa shape index (κ3) is 3.07. The Bertz CT molecular complexity index is 351. The number of furan rings is 1. The first-order valence-corrected chi connectivity index (χ1v) is 6.10. The minimum atomic E-state index is -0.447. The van der Waals surface area contributed by atoms with E-state index >= 15 is 0 Å². The second-order valence-electron chi connectivity index (χ2n) is 4.27. The van der Waals surface area contributed by atoms with Crippen molar-refractivity contribution in [2.75, 3.05) is 13.2 Å². The summed E-state index contributed by atoms with van der Waals surface area (Å²) in [6.45, 7) is 5.94. The molecule has 1 unspecified atom stereocenters. The van der Waals surface area contributed by atoms with E-state index in [2.05, 4.69) is 21.2 Å². The van der Waals surface area contributed by atoms with E-state index in [1.807, 2.05) is 19.9 Å². The smallest absolute Gasteiger partial charge is 0.163 e. The van der Waals surface area contributed by atoms with Crippen molar-refractivity contribution in [3.63, 3.8) is 0 Å². The molecule has 2 heterocycles. The van der Waals surface area contributed by atoms with E-state index in [1.165, 1.54) is 0 Å². The summed E-state index contributed by atoms with van der Waals surface area (Å²) in [4.78, 5) is 0. The third-order valence-corrected chi connectivity index (χ3v) is 3.12. The maximum Gasteiger partial charge on any atom is 0.163 e. The van der Waals surface area contributed by atoms with Gasteiger partial charge in [-0.25, -0.2) is 0 Å². The van der Waals surface area contributed by atoms with Gasteiger partial charge >= 0.3 is 0 Å². The Labute approximate surface area is 103 Å².